The van der Waals surface area contributed by atoms with Crippen molar-refractivity contribution in [2.45, 2.75) is 231 Å². The Morgan fingerprint density at radius 3 is 1.44 bits per heavy atom. The summed E-state index contributed by atoms with van der Waals surface area (Å²) in [6, 6.07) is -11.7. The zero-order chi connectivity index (χ0) is 81.5. The van der Waals surface area contributed by atoms with Gasteiger partial charge in [-0.15, -0.1) is 0 Å². The van der Waals surface area contributed by atoms with Crippen LogP contribution in [-0.4, -0.2) is 260 Å². The van der Waals surface area contributed by atoms with Crippen molar-refractivity contribution in [2.75, 3.05) is 34.3 Å². The van der Waals surface area contributed by atoms with Gasteiger partial charge in [-0.3, -0.25) is 67.5 Å². The molecule has 0 aromatic heterocycles. The number of hydrogen-bond donors (Lipinski definition) is 21. The van der Waals surface area contributed by atoms with Crippen LogP contribution in [-0.2, 0) is 67.1 Å². The first-order chi connectivity index (χ1) is 49.2. The number of nitrogens with two attached hydrogens (primary N) is 6. The molecule has 0 aliphatic heterocycles. The molecule has 0 bridgehead atoms. The molecule has 0 unspecified atom stereocenters. The van der Waals surface area contributed by atoms with Crippen molar-refractivity contribution in [3.63, 3.8) is 0 Å². The van der Waals surface area contributed by atoms with Crippen molar-refractivity contribution in [1.29, 1.82) is 0 Å². The highest BCUT2D eigenvalue weighted by Crippen LogP contribution is 2.27. The molecule has 0 heterocycles. The number of methoxy groups -OCH3 is 1. The van der Waals surface area contributed by atoms with Gasteiger partial charge in [-0.05, 0) is 114 Å². The van der Waals surface area contributed by atoms with Crippen molar-refractivity contribution in [3.05, 3.63) is 29.8 Å². The minimum Gasteiger partial charge on any atom is -0.508 e. The van der Waals surface area contributed by atoms with Crippen molar-refractivity contribution >= 4 is 88.8 Å². The van der Waals surface area contributed by atoms with Crippen molar-refractivity contribution in [1.82, 2.24) is 52.3 Å². The predicted octanol–water partition coefficient (Wildman–Crippen LogP) is -6.17. The number of amides is 12. The van der Waals surface area contributed by atoms with E-state index in [1.165, 1.54) is 59.1 Å². The number of rotatable bonds is 48. The Balaban J connectivity index is 3.78. The zero-order valence-corrected chi connectivity index (χ0v) is 62.8. The number of likely N-dealkylation sites (N-methyl/N-ethyl adjacent to an activating group) is 2. The number of aromatic hydroxyl groups is 1. The number of nitrogens with zero attached hydrogens (tertiary/aromatic N) is 4. The van der Waals surface area contributed by atoms with Gasteiger partial charge in [0.15, 0.2) is 18.0 Å². The van der Waals surface area contributed by atoms with Gasteiger partial charge in [-0.2, -0.15) is 0 Å². The lowest BCUT2D eigenvalue weighted by atomic mass is 9.87. The van der Waals surface area contributed by atoms with Gasteiger partial charge in [-0.25, -0.2) is 4.79 Å². The molecule has 0 saturated heterocycles. The fourth-order valence-corrected chi connectivity index (χ4v) is 11.3. The topological polar surface area (TPSA) is 656 Å². The largest absolute Gasteiger partial charge is 0.508 e. The number of carboxylic acids is 1. The van der Waals surface area contributed by atoms with Crippen molar-refractivity contribution in [2.24, 2.45) is 74.0 Å². The molecule has 106 heavy (non-hydrogen) atoms. The summed E-state index contributed by atoms with van der Waals surface area (Å²) < 4.78 is 5.67. The minimum absolute atomic E-state index is 0.0213. The van der Waals surface area contributed by atoms with Gasteiger partial charge in [0.1, 0.15) is 72.3 Å². The molecule has 0 spiro atoms. The Kier molecular flexibility index (Phi) is 40.7. The smallest absolute Gasteiger partial charge is 0.326 e. The summed E-state index contributed by atoms with van der Waals surface area (Å²) in [6.45, 7) is 16.1. The van der Waals surface area contributed by atoms with E-state index in [4.69, 9.17) is 39.1 Å². The number of carbonyl (C=O) groups excluding carboxylic acids is 12. The van der Waals surface area contributed by atoms with Gasteiger partial charge in [0, 0.05) is 47.1 Å². The van der Waals surface area contributed by atoms with Gasteiger partial charge in [0.25, 0.3) is 5.91 Å². The summed E-state index contributed by atoms with van der Waals surface area (Å²) >= 11 is 0. The maximum absolute atomic E-state index is 14.8. The Bertz CT molecular complexity index is 3170. The average molecular weight is 1510 g/mol. The van der Waals surface area contributed by atoms with Crippen LogP contribution < -0.4 is 76.9 Å². The summed E-state index contributed by atoms with van der Waals surface area (Å²) in [5, 5.41) is 95.0. The SMILES string of the molecule is CO[C@H](c1ccc(O)cc1)[C@@H](NC(=O)[C@H](CCC(N)=O)N(C)C(=O)[C@H](CC(C)C)NC(=O)[C@@H](CCCN=C(N)N)NC(=O)[C@H](NC(=O)[C@H](NC(=O)[C@H](NC(=O)[C@H](O)[C@H](O)[C@H](CCCN=C(N)N)NC(=O)[C@@H](C)NC(=O)[C@H](C)[C@H](O)[C@H](C)CC(C)C)[C@@H](C)CC(N)=O)[C@@H](C)O)[C@@H](C)O)C(=O)N(C)[C@@H](C)C(=O)O. The highest BCUT2D eigenvalue weighted by Gasteiger charge is 2.43. The number of aliphatic carboxylic acids is 1. The lowest BCUT2D eigenvalue weighted by Gasteiger charge is -2.35. The molecule has 27 N–H and O–H groups in total. The summed E-state index contributed by atoms with van der Waals surface area (Å²) in [7, 11) is 3.50. The first kappa shape index (κ1) is 94.4. The molecule has 600 valence electrons. The molecule has 1 rings (SSSR count). The van der Waals surface area contributed by atoms with Crippen LogP contribution in [0.5, 0.6) is 5.75 Å². The molecular formula is C67H116N18O21. The monoisotopic (exact) mass is 1510 g/mol. The third-order valence-electron chi connectivity index (χ3n) is 17.5. The number of guanidine groups is 2. The van der Waals surface area contributed by atoms with Crippen LogP contribution in [0, 0.1) is 29.6 Å². The fourth-order valence-electron chi connectivity index (χ4n) is 11.3. The Hall–Kier alpha value is -9.57. The number of carboxylic acid groups (broad SMARTS) is 1. The van der Waals surface area contributed by atoms with Crippen molar-refractivity contribution in [3.8, 4) is 5.75 Å². The quantitative estimate of drug-likeness (QED) is 0.0164. The van der Waals surface area contributed by atoms with Crippen molar-refractivity contribution < 1.29 is 103 Å². The molecule has 1 aromatic carbocycles. The standard InChI is InChI=1S/C67H116N18O21/c1-30(2)27-33(6)51(91)34(7)55(94)76-35(8)56(95)77-41(17-15-25-74-66(70)71)52(92)53(93)62(101)80-47(32(5)29-46(69)90)59(98)81-49(38(11)87)61(100)82-48(37(10)86)60(99)78-42(18-16-26-75-67(72)73)57(96)79-43(28-31(3)4)63(102)85(13)44(23-24-45(68)89)58(97)83-50(64(103)84(12)36(9)65(104)105)54(106-14)39-19-21-40(88)22-20-39/h19-22,30-38,41-44,47-54,86-88,91-93H,15-18,23-29H2,1-14H3,(H2,68,89)(H2,69,90)(H,76,94)(H,77,95)(H,78,99)(H,79,96)(H,80,101)(H,81,98)(H,82,100)(H,83,97)(H,104,105)(H4,70,71,74)(H4,72,73,75)/t32-,33+,34+,35+,36-,37+,38+,41-,42+,43-,44-,47+,48+,49+,50+,51+,52+,53+,54+/m0/s1. The first-order valence-electron chi connectivity index (χ1n) is 34.8. The van der Waals surface area contributed by atoms with Crippen LogP contribution in [0.4, 0.5) is 0 Å². The van der Waals surface area contributed by atoms with Crippen LogP contribution in [0.15, 0.2) is 34.3 Å². The number of nitrogens with one attached hydrogen (secondary N) is 8. The number of carbonyl (C=O) groups is 13. The molecular weight excluding hydrogens is 1390 g/mol. The predicted molar refractivity (Wildman–Crippen MR) is 385 cm³/mol. The highest BCUT2D eigenvalue weighted by atomic mass is 16.5. The minimum atomic E-state index is -2.50. The maximum Gasteiger partial charge on any atom is 0.326 e. The lowest BCUT2D eigenvalue weighted by Crippen LogP contribution is -2.64. The summed E-state index contributed by atoms with van der Waals surface area (Å²) in [5.74, 6) is -18.1. The molecule has 1 aromatic rings. The molecule has 12 amide bonds. The van der Waals surface area contributed by atoms with E-state index in [0.717, 1.165) is 37.7 Å². The zero-order valence-electron chi connectivity index (χ0n) is 62.8. The van der Waals surface area contributed by atoms with E-state index in [1.807, 2.05) is 13.8 Å². The first-order valence-corrected chi connectivity index (χ1v) is 34.8. The molecule has 39 heteroatoms. The second-order valence-corrected chi connectivity index (χ2v) is 27.6. The van der Waals surface area contributed by atoms with Crippen LogP contribution in [0.1, 0.15) is 146 Å². The number of primary amides is 2. The van der Waals surface area contributed by atoms with Gasteiger partial charge >= 0.3 is 5.97 Å². The number of aliphatic imine (C=N–C) groups is 2. The van der Waals surface area contributed by atoms with E-state index in [9.17, 15) is 98.1 Å². The molecule has 0 fully saturated rings. The number of aliphatic hydroxyl groups excluding tert-OH is 5. The highest BCUT2D eigenvalue weighted by molar-refractivity contribution is 5.99. The van der Waals surface area contributed by atoms with Gasteiger partial charge in [0.2, 0.25) is 65.0 Å². The van der Waals surface area contributed by atoms with Crippen LogP contribution in [0.2, 0.25) is 0 Å². The van der Waals surface area contributed by atoms with E-state index in [2.05, 4.69) is 52.5 Å². The Labute approximate surface area is 616 Å². The number of phenols is 1. The van der Waals surface area contributed by atoms with Crippen LogP contribution >= 0.6 is 0 Å². The summed E-state index contributed by atoms with van der Waals surface area (Å²) in [5.41, 5.74) is 33.2. The molecule has 39 nitrogen and oxygen atoms in total. The Morgan fingerprint density at radius 2 is 0.972 bits per heavy atom. The molecule has 19 atom stereocenters. The normalized spacial score (nSPS) is 16.8. The van der Waals surface area contributed by atoms with E-state index in [-0.39, 0.29) is 80.3 Å². The van der Waals surface area contributed by atoms with Gasteiger partial charge in [0.05, 0.1) is 30.3 Å². The van der Waals surface area contributed by atoms with Gasteiger partial charge < -0.3 is 127 Å². The fraction of sp³-hybridized carbons (Fsp3) is 0.687. The van der Waals surface area contributed by atoms with E-state index >= 15 is 0 Å². The molecule has 0 aliphatic carbocycles. The number of ether oxygens (including phenoxy) is 1. The molecule has 0 saturated carbocycles. The number of phenolic OH excluding ortho intramolecular Hbond substituents is 1. The summed E-state index contributed by atoms with van der Waals surface area (Å²) in [6.07, 6.45) is -12.7. The number of aliphatic hydroxyl groups is 5. The second kappa shape index (κ2) is 45.7. The Morgan fingerprint density at radius 1 is 0.491 bits per heavy atom. The summed E-state index contributed by atoms with van der Waals surface area (Å²) in [4.78, 5) is 188. The second-order valence-electron chi connectivity index (χ2n) is 27.6. The third kappa shape index (κ3) is 31.6. The molecule has 0 aliphatic rings. The van der Waals surface area contributed by atoms with E-state index in [0.29, 0.717) is 6.42 Å². The number of hydrogen-bond acceptors (Lipinski definition) is 22. The average Bonchev–Trinajstić information content (AvgIpc) is 0.797. The third-order valence-corrected chi connectivity index (χ3v) is 17.5. The number of benzene rings is 1. The van der Waals surface area contributed by atoms with Crippen LogP contribution in [0.3, 0.4) is 0 Å². The lowest BCUT2D eigenvalue weighted by molar-refractivity contribution is -0.152. The van der Waals surface area contributed by atoms with Gasteiger partial charge in [-0.1, -0.05) is 60.6 Å². The van der Waals surface area contributed by atoms with E-state index in [1.54, 1.807) is 20.8 Å². The van der Waals surface area contributed by atoms with E-state index < -0.39 is 211 Å². The van der Waals surface area contributed by atoms with Crippen LogP contribution in [0.25, 0.3) is 0 Å². The maximum atomic E-state index is 14.8. The molecule has 0 radical (unpaired) electrons.